The fourth-order valence-corrected chi connectivity index (χ4v) is 2.93. The molecule has 0 aromatic carbocycles. The third-order valence-corrected chi connectivity index (χ3v) is 3.98. The molecule has 0 bridgehead atoms. The van der Waals surface area contributed by atoms with Crippen LogP contribution in [0.2, 0.25) is 5.15 Å². The van der Waals surface area contributed by atoms with Gasteiger partial charge in [-0.3, -0.25) is 0 Å². The van der Waals surface area contributed by atoms with Gasteiger partial charge in [-0.25, -0.2) is 9.97 Å². The average molecular weight is 270 g/mol. The molecule has 100 valence electrons. The van der Waals surface area contributed by atoms with Crippen LogP contribution < -0.4 is 4.90 Å². The van der Waals surface area contributed by atoms with Gasteiger partial charge in [0.15, 0.2) is 0 Å². The molecule has 0 saturated heterocycles. The maximum absolute atomic E-state index is 9.45. The number of hydrogen-bond donors (Lipinski definition) is 1. The van der Waals surface area contributed by atoms with Crippen LogP contribution in [0.5, 0.6) is 0 Å². The Labute approximate surface area is 113 Å². The fourth-order valence-electron chi connectivity index (χ4n) is 2.74. The maximum atomic E-state index is 9.45. The third-order valence-electron chi connectivity index (χ3n) is 3.66. The number of anilines is 1. The van der Waals surface area contributed by atoms with Crippen molar-refractivity contribution in [3.8, 4) is 0 Å². The Kier molecular flexibility index (Phi) is 4.78. The van der Waals surface area contributed by atoms with Crippen molar-refractivity contribution in [2.45, 2.75) is 51.7 Å². The quantitative estimate of drug-likeness (QED) is 0.854. The lowest BCUT2D eigenvalue weighted by atomic mass is 9.94. The summed E-state index contributed by atoms with van der Waals surface area (Å²) in [6, 6.07) is 0.514. The van der Waals surface area contributed by atoms with E-state index in [1.54, 1.807) is 0 Å². The highest BCUT2D eigenvalue weighted by Crippen LogP contribution is 2.30. The third kappa shape index (κ3) is 2.75. The van der Waals surface area contributed by atoms with Crippen LogP contribution in [0.3, 0.4) is 0 Å². The van der Waals surface area contributed by atoms with E-state index in [2.05, 4.69) is 21.8 Å². The Morgan fingerprint density at radius 3 is 2.67 bits per heavy atom. The van der Waals surface area contributed by atoms with Crippen LogP contribution in [0, 0.1) is 0 Å². The molecule has 1 aromatic heterocycles. The molecular formula is C13H20ClN3O. The molecule has 0 radical (unpaired) electrons. The molecule has 0 amide bonds. The van der Waals surface area contributed by atoms with Crippen molar-refractivity contribution >= 4 is 17.4 Å². The first-order chi connectivity index (χ1) is 8.77. The van der Waals surface area contributed by atoms with Crippen molar-refractivity contribution in [1.82, 2.24) is 9.97 Å². The van der Waals surface area contributed by atoms with Gasteiger partial charge in [-0.1, -0.05) is 30.9 Å². The number of rotatable bonds is 4. The van der Waals surface area contributed by atoms with E-state index < -0.39 is 0 Å². The minimum absolute atomic E-state index is 0.113. The van der Waals surface area contributed by atoms with Crippen LogP contribution in [0.15, 0.2) is 6.33 Å². The molecule has 0 atom stereocenters. The van der Waals surface area contributed by atoms with Crippen LogP contribution in [0.25, 0.3) is 0 Å². The molecule has 0 spiro atoms. The van der Waals surface area contributed by atoms with Crippen molar-refractivity contribution in [3.63, 3.8) is 0 Å². The van der Waals surface area contributed by atoms with Gasteiger partial charge in [0, 0.05) is 12.6 Å². The molecule has 1 N–H and O–H groups in total. The number of aliphatic hydroxyl groups is 1. The Balaban J connectivity index is 2.28. The topological polar surface area (TPSA) is 49.2 Å². The average Bonchev–Trinajstić information content (AvgIpc) is 2.41. The van der Waals surface area contributed by atoms with Gasteiger partial charge in [-0.15, -0.1) is 0 Å². The maximum Gasteiger partial charge on any atom is 0.140 e. The lowest BCUT2D eigenvalue weighted by molar-refractivity contribution is 0.280. The number of nitrogens with zero attached hydrogens (tertiary/aromatic N) is 3. The molecule has 1 aromatic rings. The summed E-state index contributed by atoms with van der Waals surface area (Å²) < 4.78 is 0. The molecule has 1 aliphatic rings. The molecule has 0 unspecified atom stereocenters. The molecule has 2 rings (SSSR count). The number of aliphatic hydroxyl groups excluding tert-OH is 1. The molecule has 1 aliphatic carbocycles. The number of aromatic nitrogens is 2. The summed E-state index contributed by atoms with van der Waals surface area (Å²) in [5.41, 5.74) is 0.645. The second-order valence-corrected chi connectivity index (χ2v) is 5.06. The van der Waals surface area contributed by atoms with Crippen molar-refractivity contribution in [2.75, 3.05) is 11.4 Å². The Bertz CT molecular complexity index is 394. The van der Waals surface area contributed by atoms with Crippen molar-refractivity contribution in [3.05, 3.63) is 17.0 Å². The summed E-state index contributed by atoms with van der Waals surface area (Å²) >= 11 is 6.03. The first-order valence-electron chi connectivity index (χ1n) is 6.64. The van der Waals surface area contributed by atoms with E-state index in [0.29, 0.717) is 16.8 Å². The summed E-state index contributed by atoms with van der Waals surface area (Å²) in [5, 5.41) is 9.81. The van der Waals surface area contributed by atoms with E-state index in [1.165, 1.54) is 38.4 Å². The van der Waals surface area contributed by atoms with Gasteiger partial charge in [0.05, 0.1) is 12.2 Å². The van der Waals surface area contributed by atoms with Gasteiger partial charge in [0.1, 0.15) is 17.3 Å². The molecule has 4 nitrogen and oxygen atoms in total. The summed E-state index contributed by atoms with van der Waals surface area (Å²) in [4.78, 5) is 10.5. The van der Waals surface area contributed by atoms with Crippen LogP contribution in [-0.4, -0.2) is 27.7 Å². The predicted molar refractivity (Wildman–Crippen MR) is 72.9 cm³/mol. The second kappa shape index (κ2) is 6.34. The number of hydrogen-bond acceptors (Lipinski definition) is 4. The molecule has 1 heterocycles. The van der Waals surface area contributed by atoms with Crippen LogP contribution in [-0.2, 0) is 6.61 Å². The lowest BCUT2D eigenvalue weighted by Gasteiger charge is -2.35. The summed E-state index contributed by atoms with van der Waals surface area (Å²) in [6.07, 6.45) is 7.73. The Morgan fingerprint density at radius 1 is 1.33 bits per heavy atom. The van der Waals surface area contributed by atoms with Gasteiger partial charge in [-0.05, 0) is 19.8 Å². The SMILES string of the molecule is CCN(c1ncnc(Cl)c1CO)C1CCCCC1. The zero-order valence-corrected chi connectivity index (χ0v) is 11.5. The van der Waals surface area contributed by atoms with Gasteiger partial charge in [0.2, 0.25) is 0 Å². The first kappa shape index (κ1) is 13.6. The highest BCUT2D eigenvalue weighted by molar-refractivity contribution is 6.30. The van der Waals surface area contributed by atoms with Crippen LogP contribution >= 0.6 is 11.6 Å². The van der Waals surface area contributed by atoms with E-state index in [1.807, 2.05) is 0 Å². The van der Waals surface area contributed by atoms with Crippen molar-refractivity contribution < 1.29 is 5.11 Å². The van der Waals surface area contributed by atoms with E-state index in [0.717, 1.165) is 12.4 Å². The molecule has 5 heteroatoms. The Hall–Kier alpha value is -0.870. The summed E-state index contributed by atoms with van der Waals surface area (Å²) in [6.45, 7) is 2.88. The van der Waals surface area contributed by atoms with Crippen LogP contribution in [0.4, 0.5) is 5.82 Å². The van der Waals surface area contributed by atoms with Crippen molar-refractivity contribution in [1.29, 1.82) is 0 Å². The molecule has 0 aliphatic heterocycles. The fraction of sp³-hybridized carbons (Fsp3) is 0.692. The van der Waals surface area contributed by atoms with E-state index in [4.69, 9.17) is 11.6 Å². The Morgan fingerprint density at radius 2 is 2.06 bits per heavy atom. The van der Waals surface area contributed by atoms with Gasteiger partial charge < -0.3 is 10.0 Å². The molecular weight excluding hydrogens is 250 g/mol. The minimum Gasteiger partial charge on any atom is -0.391 e. The van der Waals surface area contributed by atoms with Gasteiger partial charge in [-0.2, -0.15) is 0 Å². The van der Waals surface area contributed by atoms with E-state index >= 15 is 0 Å². The normalized spacial score (nSPS) is 16.8. The van der Waals surface area contributed by atoms with Crippen LogP contribution in [0.1, 0.15) is 44.6 Å². The predicted octanol–water partition coefficient (Wildman–Crippen LogP) is 2.78. The largest absolute Gasteiger partial charge is 0.391 e. The van der Waals surface area contributed by atoms with Gasteiger partial charge >= 0.3 is 0 Å². The van der Waals surface area contributed by atoms with E-state index in [9.17, 15) is 5.11 Å². The van der Waals surface area contributed by atoms with Gasteiger partial charge in [0.25, 0.3) is 0 Å². The zero-order valence-electron chi connectivity index (χ0n) is 10.8. The summed E-state index contributed by atoms with van der Waals surface area (Å²) in [5.74, 6) is 0.798. The second-order valence-electron chi connectivity index (χ2n) is 4.70. The standard InChI is InChI=1S/C13H20ClN3O/c1-2-17(10-6-4-3-5-7-10)13-11(8-18)12(14)15-9-16-13/h9-10,18H,2-8H2,1H3. The smallest absolute Gasteiger partial charge is 0.140 e. The number of halogens is 1. The molecule has 18 heavy (non-hydrogen) atoms. The molecule has 1 fully saturated rings. The minimum atomic E-state index is -0.113. The van der Waals surface area contributed by atoms with Crippen molar-refractivity contribution in [2.24, 2.45) is 0 Å². The first-order valence-corrected chi connectivity index (χ1v) is 7.02. The molecule has 1 saturated carbocycles. The highest BCUT2D eigenvalue weighted by atomic mass is 35.5. The monoisotopic (exact) mass is 269 g/mol. The zero-order chi connectivity index (χ0) is 13.0. The summed E-state index contributed by atoms with van der Waals surface area (Å²) in [7, 11) is 0. The highest BCUT2D eigenvalue weighted by Gasteiger charge is 2.24. The lowest BCUT2D eigenvalue weighted by Crippen LogP contribution is -2.38. The van der Waals surface area contributed by atoms with E-state index in [-0.39, 0.29) is 6.61 Å².